The molecule has 0 aliphatic rings. The van der Waals surface area contributed by atoms with Crippen molar-refractivity contribution >= 4 is 27.5 Å². The van der Waals surface area contributed by atoms with E-state index in [1.807, 2.05) is 14.1 Å². The Morgan fingerprint density at radius 2 is 2.11 bits per heavy atom. The molecule has 0 unspecified atom stereocenters. The molecule has 7 nitrogen and oxygen atoms in total. The first-order valence-corrected chi connectivity index (χ1v) is 7.31. The number of sulfonamides is 1. The van der Waals surface area contributed by atoms with Crippen LogP contribution in [0.5, 0.6) is 0 Å². The lowest BCUT2D eigenvalue weighted by Crippen LogP contribution is -2.18. The Labute approximate surface area is 112 Å². The van der Waals surface area contributed by atoms with Crippen molar-refractivity contribution in [1.29, 1.82) is 0 Å². The van der Waals surface area contributed by atoms with Crippen molar-refractivity contribution in [3.05, 3.63) is 18.3 Å². The van der Waals surface area contributed by atoms with Gasteiger partial charge in [-0.05, 0) is 18.6 Å². The molecule has 106 valence electrons. The SMILES string of the molecule is CN(C)c1ccc(NS(=O)(=O)CCCC(=O)O)cn1. The van der Waals surface area contributed by atoms with Crippen LogP contribution in [0.15, 0.2) is 18.3 Å². The van der Waals surface area contributed by atoms with Crippen LogP contribution in [0.4, 0.5) is 11.5 Å². The molecule has 1 heterocycles. The van der Waals surface area contributed by atoms with Gasteiger partial charge in [0, 0.05) is 20.5 Å². The number of hydrogen-bond acceptors (Lipinski definition) is 5. The van der Waals surface area contributed by atoms with Crippen molar-refractivity contribution in [2.75, 3.05) is 29.5 Å². The first kappa shape index (κ1) is 15.2. The molecule has 0 radical (unpaired) electrons. The molecule has 0 aromatic carbocycles. The Morgan fingerprint density at radius 1 is 1.42 bits per heavy atom. The Morgan fingerprint density at radius 3 is 2.58 bits per heavy atom. The highest BCUT2D eigenvalue weighted by atomic mass is 32.2. The lowest BCUT2D eigenvalue weighted by molar-refractivity contribution is -0.137. The number of anilines is 2. The summed E-state index contributed by atoms with van der Waals surface area (Å²) in [4.78, 5) is 16.2. The maximum atomic E-state index is 11.7. The topological polar surface area (TPSA) is 99.6 Å². The van der Waals surface area contributed by atoms with E-state index in [-0.39, 0.29) is 18.6 Å². The standard InChI is InChI=1S/C11H17N3O4S/c1-14(2)10-6-5-9(8-12-10)13-19(17,18)7-3-4-11(15)16/h5-6,8,13H,3-4,7H2,1-2H3,(H,15,16). The quantitative estimate of drug-likeness (QED) is 0.768. The normalized spacial score (nSPS) is 11.1. The number of hydrogen-bond donors (Lipinski definition) is 2. The zero-order chi connectivity index (χ0) is 14.5. The molecule has 1 aromatic heterocycles. The number of nitrogens with zero attached hydrogens (tertiary/aromatic N) is 2. The van der Waals surface area contributed by atoms with Gasteiger partial charge in [-0.2, -0.15) is 0 Å². The van der Waals surface area contributed by atoms with Crippen LogP contribution >= 0.6 is 0 Å². The average Bonchev–Trinajstić information content (AvgIpc) is 2.28. The summed E-state index contributed by atoms with van der Waals surface area (Å²) in [6.07, 6.45) is 1.33. The van der Waals surface area contributed by atoms with E-state index in [2.05, 4.69) is 9.71 Å². The molecular weight excluding hydrogens is 270 g/mol. The molecule has 0 aliphatic carbocycles. The van der Waals surface area contributed by atoms with Crippen LogP contribution in [0.25, 0.3) is 0 Å². The Bertz CT molecular complexity index is 525. The predicted octanol–water partition coefficient (Wildman–Crippen LogP) is 0.754. The number of pyridine rings is 1. The van der Waals surface area contributed by atoms with Gasteiger partial charge in [-0.25, -0.2) is 13.4 Å². The van der Waals surface area contributed by atoms with Gasteiger partial charge in [0.2, 0.25) is 10.0 Å². The molecule has 0 saturated heterocycles. The predicted molar refractivity (Wildman–Crippen MR) is 72.8 cm³/mol. The van der Waals surface area contributed by atoms with E-state index in [0.717, 1.165) is 0 Å². The molecule has 19 heavy (non-hydrogen) atoms. The fourth-order valence-corrected chi connectivity index (χ4v) is 2.46. The molecule has 0 spiro atoms. The third-order valence-corrected chi connectivity index (χ3v) is 3.66. The summed E-state index contributed by atoms with van der Waals surface area (Å²) in [5.41, 5.74) is 0.362. The molecule has 0 bridgehead atoms. The largest absolute Gasteiger partial charge is 0.481 e. The number of carboxylic acids is 1. The average molecular weight is 287 g/mol. The maximum absolute atomic E-state index is 11.7. The maximum Gasteiger partial charge on any atom is 0.303 e. The molecule has 0 atom stereocenters. The van der Waals surface area contributed by atoms with Crippen LogP contribution in [0.3, 0.4) is 0 Å². The van der Waals surface area contributed by atoms with Gasteiger partial charge in [0.1, 0.15) is 5.82 Å². The fraction of sp³-hybridized carbons (Fsp3) is 0.455. The van der Waals surface area contributed by atoms with Crippen molar-refractivity contribution in [2.45, 2.75) is 12.8 Å². The van der Waals surface area contributed by atoms with Gasteiger partial charge in [0.25, 0.3) is 0 Å². The van der Waals surface area contributed by atoms with E-state index >= 15 is 0 Å². The molecule has 1 aromatic rings. The molecule has 0 saturated carbocycles. The number of nitrogens with one attached hydrogen (secondary N) is 1. The minimum absolute atomic E-state index is 0.0773. The van der Waals surface area contributed by atoms with Gasteiger partial charge in [-0.3, -0.25) is 9.52 Å². The van der Waals surface area contributed by atoms with Gasteiger partial charge >= 0.3 is 5.97 Å². The summed E-state index contributed by atoms with van der Waals surface area (Å²) >= 11 is 0. The van der Waals surface area contributed by atoms with Crippen LogP contribution in [-0.2, 0) is 14.8 Å². The minimum Gasteiger partial charge on any atom is -0.481 e. The third-order valence-electron chi connectivity index (χ3n) is 2.28. The number of carboxylic acid groups (broad SMARTS) is 1. The summed E-state index contributed by atoms with van der Waals surface area (Å²) in [5.74, 6) is -0.518. The van der Waals surface area contributed by atoms with Crippen molar-refractivity contribution in [1.82, 2.24) is 4.98 Å². The molecule has 1 rings (SSSR count). The molecule has 2 N–H and O–H groups in total. The summed E-state index contributed by atoms with van der Waals surface area (Å²) in [5, 5.41) is 8.45. The molecule has 0 aliphatic heterocycles. The van der Waals surface area contributed by atoms with Gasteiger partial charge in [0.15, 0.2) is 0 Å². The highest BCUT2D eigenvalue weighted by Gasteiger charge is 2.11. The monoisotopic (exact) mass is 287 g/mol. The van der Waals surface area contributed by atoms with Crippen molar-refractivity contribution in [2.24, 2.45) is 0 Å². The minimum atomic E-state index is -3.53. The first-order chi connectivity index (χ1) is 8.80. The Hall–Kier alpha value is -1.83. The van der Waals surface area contributed by atoms with Crippen LogP contribution in [0, 0.1) is 0 Å². The van der Waals surface area contributed by atoms with Crippen LogP contribution in [-0.4, -0.2) is 44.3 Å². The second-order valence-corrected chi connectivity index (χ2v) is 6.06. The zero-order valence-corrected chi connectivity index (χ0v) is 11.6. The van der Waals surface area contributed by atoms with Gasteiger partial charge in [-0.15, -0.1) is 0 Å². The van der Waals surface area contributed by atoms with Gasteiger partial charge in [0.05, 0.1) is 17.6 Å². The number of carbonyl (C=O) groups is 1. The van der Waals surface area contributed by atoms with E-state index in [4.69, 9.17) is 5.11 Å². The second-order valence-electron chi connectivity index (χ2n) is 4.22. The summed E-state index contributed by atoms with van der Waals surface area (Å²) in [6, 6.07) is 3.30. The summed E-state index contributed by atoms with van der Waals surface area (Å²) < 4.78 is 25.7. The first-order valence-electron chi connectivity index (χ1n) is 5.66. The molecule has 8 heteroatoms. The smallest absolute Gasteiger partial charge is 0.303 e. The van der Waals surface area contributed by atoms with E-state index in [0.29, 0.717) is 11.5 Å². The highest BCUT2D eigenvalue weighted by molar-refractivity contribution is 7.92. The van der Waals surface area contributed by atoms with E-state index in [9.17, 15) is 13.2 Å². The highest BCUT2D eigenvalue weighted by Crippen LogP contribution is 2.13. The fourth-order valence-electron chi connectivity index (χ4n) is 1.35. The van der Waals surface area contributed by atoms with E-state index in [1.165, 1.54) is 6.20 Å². The molecule has 0 fully saturated rings. The van der Waals surface area contributed by atoms with E-state index in [1.54, 1.807) is 17.0 Å². The molecular formula is C11H17N3O4S. The lowest BCUT2D eigenvalue weighted by atomic mass is 10.3. The lowest BCUT2D eigenvalue weighted by Gasteiger charge is -2.12. The van der Waals surface area contributed by atoms with E-state index < -0.39 is 16.0 Å². The number of aliphatic carboxylic acids is 1. The second kappa shape index (κ2) is 6.37. The summed E-state index contributed by atoms with van der Waals surface area (Å²) in [6.45, 7) is 0. The van der Waals surface area contributed by atoms with Crippen molar-refractivity contribution < 1.29 is 18.3 Å². The number of rotatable bonds is 7. The molecule has 0 amide bonds. The van der Waals surface area contributed by atoms with Crippen molar-refractivity contribution in [3.63, 3.8) is 0 Å². The number of aromatic nitrogens is 1. The van der Waals surface area contributed by atoms with Crippen LogP contribution in [0.2, 0.25) is 0 Å². The van der Waals surface area contributed by atoms with Gasteiger partial charge in [-0.1, -0.05) is 0 Å². The van der Waals surface area contributed by atoms with Crippen LogP contribution < -0.4 is 9.62 Å². The Kier molecular flexibility index (Phi) is 5.11. The van der Waals surface area contributed by atoms with Crippen molar-refractivity contribution in [3.8, 4) is 0 Å². The Balaban J connectivity index is 2.60. The van der Waals surface area contributed by atoms with Gasteiger partial charge < -0.3 is 10.0 Å². The van der Waals surface area contributed by atoms with Crippen LogP contribution in [0.1, 0.15) is 12.8 Å². The summed E-state index contributed by atoms with van der Waals surface area (Å²) in [7, 11) is 0.133. The third kappa shape index (κ3) is 5.56. The zero-order valence-electron chi connectivity index (χ0n) is 10.8.